The maximum atomic E-state index is 4.12. The van der Waals surface area contributed by atoms with Crippen molar-refractivity contribution in [3.05, 3.63) is 65.5 Å². The molecule has 1 atom stereocenters. The third-order valence-corrected chi connectivity index (χ3v) is 3.16. The van der Waals surface area contributed by atoms with Gasteiger partial charge in [0.1, 0.15) is 0 Å². The Hall–Kier alpha value is -1.67. The van der Waals surface area contributed by atoms with E-state index >= 15 is 0 Å². The average molecular weight is 240 g/mol. The van der Waals surface area contributed by atoms with E-state index in [4.69, 9.17) is 0 Å². The largest absolute Gasteiger partial charge is 0.310 e. The van der Waals surface area contributed by atoms with Crippen molar-refractivity contribution in [1.29, 1.82) is 0 Å². The van der Waals surface area contributed by atoms with Gasteiger partial charge in [0.2, 0.25) is 0 Å². The molecule has 0 spiro atoms. The van der Waals surface area contributed by atoms with Crippen molar-refractivity contribution in [1.82, 2.24) is 10.3 Å². The monoisotopic (exact) mass is 240 g/mol. The molecule has 2 aromatic rings. The van der Waals surface area contributed by atoms with Crippen molar-refractivity contribution in [2.75, 3.05) is 6.54 Å². The molecule has 0 amide bonds. The van der Waals surface area contributed by atoms with Gasteiger partial charge in [-0.25, -0.2) is 0 Å². The summed E-state index contributed by atoms with van der Waals surface area (Å²) in [7, 11) is 0. The quantitative estimate of drug-likeness (QED) is 0.867. The van der Waals surface area contributed by atoms with E-state index in [0.29, 0.717) is 6.04 Å². The maximum Gasteiger partial charge on any atom is 0.0300 e. The summed E-state index contributed by atoms with van der Waals surface area (Å²) in [6, 6.07) is 13.2. The predicted octanol–water partition coefficient (Wildman–Crippen LogP) is 3.28. The van der Waals surface area contributed by atoms with Crippen molar-refractivity contribution in [2.24, 2.45) is 0 Å². The lowest BCUT2D eigenvalue weighted by molar-refractivity contribution is 0.576. The van der Waals surface area contributed by atoms with Gasteiger partial charge in [-0.15, -0.1) is 0 Å². The van der Waals surface area contributed by atoms with Gasteiger partial charge in [0.15, 0.2) is 0 Å². The highest BCUT2D eigenvalue weighted by atomic mass is 14.9. The Morgan fingerprint density at radius 2 is 1.94 bits per heavy atom. The maximum absolute atomic E-state index is 4.12. The van der Waals surface area contributed by atoms with Crippen molar-refractivity contribution in [3.63, 3.8) is 0 Å². The van der Waals surface area contributed by atoms with E-state index in [1.165, 1.54) is 16.7 Å². The first-order chi connectivity index (χ1) is 8.75. The number of nitrogens with one attached hydrogen (secondary N) is 1. The van der Waals surface area contributed by atoms with E-state index in [1.54, 1.807) is 0 Å². The number of benzene rings is 1. The number of hydrogen-bond donors (Lipinski definition) is 1. The van der Waals surface area contributed by atoms with Crippen LogP contribution < -0.4 is 5.32 Å². The van der Waals surface area contributed by atoms with Crippen LogP contribution in [-0.2, 0) is 6.42 Å². The van der Waals surface area contributed by atoms with E-state index in [-0.39, 0.29) is 0 Å². The topological polar surface area (TPSA) is 24.9 Å². The predicted molar refractivity (Wildman–Crippen MR) is 75.5 cm³/mol. The van der Waals surface area contributed by atoms with E-state index in [2.05, 4.69) is 54.5 Å². The van der Waals surface area contributed by atoms with Crippen LogP contribution in [0.4, 0.5) is 0 Å². The minimum Gasteiger partial charge on any atom is -0.310 e. The molecule has 94 valence electrons. The number of aryl methyl sites for hydroxylation is 1. The zero-order chi connectivity index (χ0) is 12.8. The van der Waals surface area contributed by atoms with Gasteiger partial charge in [0.05, 0.1) is 0 Å². The zero-order valence-electron chi connectivity index (χ0n) is 11.1. The number of hydrogen-bond acceptors (Lipinski definition) is 2. The second-order valence-electron chi connectivity index (χ2n) is 4.70. The van der Waals surface area contributed by atoms with Gasteiger partial charge >= 0.3 is 0 Å². The minimum absolute atomic E-state index is 0.391. The summed E-state index contributed by atoms with van der Waals surface area (Å²) in [5.74, 6) is 0. The Balaban J connectivity index is 1.81. The summed E-state index contributed by atoms with van der Waals surface area (Å²) in [4.78, 5) is 4.12. The van der Waals surface area contributed by atoms with Gasteiger partial charge in [-0.3, -0.25) is 4.98 Å². The van der Waals surface area contributed by atoms with Crippen LogP contribution in [0.15, 0.2) is 48.8 Å². The number of aromatic nitrogens is 1. The SMILES string of the molecule is Cc1ccc([C@@H](C)NCCc2cccnc2)cc1. The summed E-state index contributed by atoms with van der Waals surface area (Å²) in [6.45, 7) is 5.29. The number of rotatable bonds is 5. The van der Waals surface area contributed by atoms with Crippen LogP contribution >= 0.6 is 0 Å². The molecule has 0 unspecified atom stereocenters. The molecule has 18 heavy (non-hydrogen) atoms. The fourth-order valence-electron chi connectivity index (χ4n) is 1.95. The molecule has 1 aromatic carbocycles. The molecule has 0 bridgehead atoms. The molecule has 1 aromatic heterocycles. The fourth-order valence-corrected chi connectivity index (χ4v) is 1.95. The molecule has 0 radical (unpaired) electrons. The lowest BCUT2D eigenvalue weighted by Crippen LogP contribution is -2.21. The smallest absolute Gasteiger partial charge is 0.0300 e. The molecule has 1 heterocycles. The molecule has 0 aliphatic rings. The van der Waals surface area contributed by atoms with Gasteiger partial charge in [0, 0.05) is 18.4 Å². The van der Waals surface area contributed by atoms with Crippen LogP contribution in [-0.4, -0.2) is 11.5 Å². The summed E-state index contributed by atoms with van der Waals surface area (Å²) < 4.78 is 0. The second-order valence-corrected chi connectivity index (χ2v) is 4.70. The zero-order valence-corrected chi connectivity index (χ0v) is 11.1. The van der Waals surface area contributed by atoms with Crippen LogP contribution in [0.2, 0.25) is 0 Å². The van der Waals surface area contributed by atoms with Gasteiger partial charge in [-0.05, 0) is 44.0 Å². The Kier molecular flexibility index (Phi) is 4.48. The van der Waals surface area contributed by atoms with Crippen molar-refractivity contribution in [2.45, 2.75) is 26.3 Å². The lowest BCUT2D eigenvalue weighted by atomic mass is 10.1. The molecule has 0 aliphatic carbocycles. The summed E-state index contributed by atoms with van der Waals surface area (Å²) >= 11 is 0. The van der Waals surface area contributed by atoms with Crippen molar-refractivity contribution >= 4 is 0 Å². The van der Waals surface area contributed by atoms with Gasteiger partial charge in [0.25, 0.3) is 0 Å². The Bertz CT molecular complexity index is 462. The van der Waals surface area contributed by atoms with E-state index < -0.39 is 0 Å². The number of nitrogens with zero attached hydrogens (tertiary/aromatic N) is 1. The molecule has 2 nitrogen and oxygen atoms in total. The number of pyridine rings is 1. The van der Waals surface area contributed by atoms with Crippen LogP contribution in [0.3, 0.4) is 0 Å². The second kappa shape index (κ2) is 6.31. The van der Waals surface area contributed by atoms with Crippen molar-refractivity contribution in [3.8, 4) is 0 Å². The minimum atomic E-state index is 0.391. The summed E-state index contributed by atoms with van der Waals surface area (Å²) in [6.07, 6.45) is 4.76. The van der Waals surface area contributed by atoms with Gasteiger partial charge < -0.3 is 5.32 Å². The van der Waals surface area contributed by atoms with Crippen LogP contribution in [0.5, 0.6) is 0 Å². The Labute approximate surface area is 109 Å². The standard InChI is InChI=1S/C16H20N2/c1-13-5-7-16(8-6-13)14(2)18-11-9-15-4-3-10-17-12-15/h3-8,10,12,14,18H,9,11H2,1-2H3/t14-/m1/s1. The fraction of sp³-hybridized carbons (Fsp3) is 0.312. The van der Waals surface area contributed by atoms with E-state index in [1.807, 2.05) is 18.5 Å². The Morgan fingerprint density at radius 1 is 1.17 bits per heavy atom. The van der Waals surface area contributed by atoms with Crippen LogP contribution in [0.1, 0.15) is 29.7 Å². The van der Waals surface area contributed by atoms with E-state index in [9.17, 15) is 0 Å². The normalized spacial score (nSPS) is 12.3. The van der Waals surface area contributed by atoms with Gasteiger partial charge in [-0.2, -0.15) is 0 Å². The molecule has 0 fully saturated rings. The molecule has 1 N–H and O–H groups in total. The molecule has 0 saturated heterocycles. The molecular formula is C16H20N2. The first-order valence-corrected chi connectivity index (χ1v) is 6.44. The average Bonchev–Trinajstić information content (AvgIpc) is 2.40. The first kappa shape index (κ1) is 12.8. The van der Waals surface area contributed by atoms with Crippen LogP contribution in [0, 0.1) is 6.92 Å². The molecule has 2 rings (SSSR count). The molecule has 2 heteroatoms. The molecule has 0 saturated carbocycles. The molecule has 0 aliphatic heterocycles. The van der Waals surface area contributed by atoms with Crippen LogP contribution in [0.25, 0.3) is 0 Å². The first-order valence-electron chi connectivity index (χ1n) is 6.44. The Morgan fingerprint density at radius 3 is 2.61 bits per heavy atom. The van der Waals surface area contributed by atoms with Gasteiger partial charge in [-0.1, -0.05) is 35.9 Å². The summed E-state index contributed by atoms with van der Waals surface area (Å²) in [5, 5.41) is 3.54. The highest BCUT2D eigenvalue weighted by Crippen LogP contribution is 2.12. The van der Waals surface area contributed by atoms with Crippen molar-refractivity contribution < 1.29 is 0 Å². The highest BCUT2D eigenvalue weighted by molar-refractivity contribution is 5.23. The summed E-state index contributed by atoms with van der Waals surface area (Å²) in [5.41, 5.74) is 3.93. The van der Waals surface area contributed by atoms with E-state index in [0.717, 1.165) is 13.0 Å². The molecular weight excluding hydrogens is 220 g/mol. The lowest BCUT2D eigenvalue weighted by Gasteiger charge is -2.14. The third kappa shape index (κ3) is 3.67. The third-order valence-electron chi connectivity index (χ3n) is 3.16. The highest BCUT2D eigenvalue weighted by Gasteiger charge is 2.03.